The molecule has 0 aliphatic rings. The molecule has 0 saturated carbocycles. The Balaban J connectivity index is 1.77. The average Bonchev–Trinajstić information content (AvgIpc) is 3.05. The second-order valence-electron chi connectivity index (χ2n) is 4.96. The molecule has 3 aromatic rings. The number of carbonyl (C=O) groups is 1. The summed E-state index contributed by atoms with van der Waals surface area (Å²) in [6.07, 6.45) is 1.58. The lowest BCUT2D eigenvalue weighted by Gasteiger charge is -2.05. The zero-order chi connectivity index (χ0) is 17.9. The van der Waals surface area contributed by atoms with Crippen LogP contribution in [0.3, 0.4) is 0 Å². The quantitative estimate of drug-likeness (QED) is 0.662. The van der Waals surface area contributed by atoms with E-state index in [2.05, 4.69) is 25.2 Å². The number of nitrogens with zero attached hydrogens (tertiary/aromatic N) is 3. The molecule has 0 aliphatic heterocycles. The number of hydrogen-bond donors (Lipinski definition) is 2. The monoisotopic (exact) mass is 375 g/mol. The van der Waals surface area contributed by atoms with Crippen molar-refractivity contribution in [3.05, 3.63) is 48.7 Å². The molecule has 1 aromatic carbocycles. The van der Waals surface area contributed by atoms with E-state index in [0.29, 0.717) is 0 Å². The fourth-order valence-electron chi connectivity index (χ4n) is 1.96. The Hall–Kier alpha value is -2.85. The summed E-state index contributed by atoms with van der Waals surface area (Å²) in [5.41, 5.74) is 1.85. The minimum absolute atomic E-state index is 0.111. The van der Waals surface area contributed by atoms with Crippen molar-refractivity contribution in [1.29, 1.82) is 0 Å². The lowest BCUT2D eigenvalue weighted by Crippen LogP contribution is -2.13. The van der Waals surface area contributed by atoms with Gasteiger partial charge in [0.25, 0.3) is 14.4 Å². The number of nitrogens with one attached hydrogen (secondary N) is 2. The number of rotatable bonds is 5. The Kier molecular flexibility index (Phi) is 4.72. The van der Waals surface area contributed by atoms with Crippen LogP contribution in [0.2, 0.25) is 0 Å². The maximum Gasteiger partial charge on any atom is 0.292 e. The van der Waals surface area contributed by atoms with E-state index in [0.717, 1.165) is 22.5 Å². The van der Waals surface area contributed by atoms with E-state index >= 15 is 0 Å². The third-order valence-corrected chi connectivity index (χ3v) is 5.59. The van der Waals surface area contributed by atoms with Gasteiger partial charge in [-0.3, -0.25) is 9.52 Å². The summed E-state index contributed by atoms with van der Waals surface area (Å²) in [6, 6.07) is 12.9. The molecule has 10 heteroatoms. The van der Waals surface area contributed by atoms with Gasteiger partial charge in [-0.25, -0.2) is 4.98 Å². The highest BCUT2D eigenvalue weighted by molar-refractivity contribution is 7.94. The molecule has 0 bridgehead atoms. The third-order valence-electron chi connectivity index (χ3n) is 3.03. The highest BCUT2D eigenvalue weighted by Crippen LogP contribution is 2.23. The van der Waals surface area contributed by atoms with Crippen LogP contribution in [-0.4, -0.2) is 29.5 Å². The first-order valence-corrected chi connectivity index (χ1v) is 9.39. The molecule has 0 atom stereocenters. The van der Waals surface area contributed by atoms with Gasteiger partial charge in [0.1, 0.15) is 5.82 Å². The van der Waals surface area contributed by atoms with Crippen molar-refractivity contribution in [2.45, 2.75) is 11.3 Å². The Morgan fingerprint density at radius 3 is 2.44 bits per heavy atom. The van der Waals surface area contributed by atoms with Crippen molar-refractivity contribution in [1.82, 2.24) is 15.2 Å². The second-order valence-corrected chi connectivity index (χ2v) is 7.79. The molecule has 128 valence electrons. The first kappa shape index (κ1) is 17.0. The molecule has 2 N–H and O–H groups in total. The van der Waals surface area contributed by atoms with Crippen molar-refractivity contribution in [3.63, 3.8) is 0 Å². The third kappa shape index (κ3) is 4.17. The Morgan fingerprint density at radius 2 is 1.80 bits per heavy atom. The summed E-state index contributed by atoms with van der Waals surface area (Å²) in [6.45, 7) is 1.30. The lowest BCUT2D eigenvalue weighted by atomic mass is 10.1. The van der Waals surface area contributed by atoms with Crippen molar-refractivity contribution in [3.8, 4) is 11.1 Å². The SMILES string of the molecule is CC(=O)Nc1nnc(S(=O)(=O)Nc2ccc(-c3ccccc3)cn2)s1. The molecule has 0 radical (unpaired) electrons. The minimum Gasteiger partial charge on any atom is -0.301 e. The number of benzene rings is 1. The van der Waals surface area contributed by atoms with E-state index in [9.17, 15) is 13.2 Å². The largest absolute Gasteiger partial charge is 0.301 e. The van der Waals surface area contributed by atoms with E-state index in [-0.39, 0.29) is 21.2 Å². The zero-order valence-corrected chi connectivity index (χ0v) is 14.6. The van der Waals surface area contributed by atoms with Crippen LogP contribution in [0, 0.1) is 0 Å². The van der Waals surface area contributed by atoms with Gasteiger partial charge in [-0.15, -0.1) is 10.2 Å². The number of anilines is 2. The Bertz CT molecular complexity index is 986. The molecule has 8 nitrogen and oxygen atoms in total. The average molecular weight is 375 g/mol. The van der Waals surface area contributed by atoms with E-state index in [1.165, 1.54) is 6.92 Å². The van der Waals surface area contributed by atoms with E-state index in [1.807, 2.05) is 30.3 Å². The Labute approximate surface area is 148 Å². The van der Waals surface area contributed by atoms with Gasteiger partial charge in [-0.05, 0) is 17.7 Å². The number of carbonyl (C=O) groups excluding carboxylic acids is 1. The molecule has 0 unspecified atom stereocenters. The van der Waals surface area contributed by atoms with Gasteiger partial charge in [-0.2, -0.15) is 8.42 Å². The van der Waals surface area contributed by atoms with Crippen molar-refractivity contribution in [2.24, 2.45) is 0 Å². The highest BCUT2D eigenvalue weighted by atomic mass is 32.2. The fraction of sp³-hybridized carbons (Fsp3) is 0.0667. The predicted octanol–water partition coefficient (Wildman–Crippen LogP) is 2.36. The molecular weight excluding hydrogens is 362 g/mol. The van der Waals surface area contributed by atoms with Crippen molar-refractivity contribution >= 4 is 38.2 Å². The van der Waals surface area contributed by atoms with E-state index in [4.69, 9.17) is 0 Å². The predicted molar refractivity (Wildman–Crippen MR) is 94.7 cm³/mol. The molecule has 0 aliphatic carbocycles. The van der Waals surface area contributed by atoms with Gasteiger partial charge in [0.05, 0.1) is 0 Å². The molecule has 2 aromatic heterocycles. The van der Waals surface area contributed by atoms with Gasteiger partial charge in [0.15, 0.2) is 0 Å². The normalized spacial score (nSPS) is 11.1. The molecular formula is C15H13N5O3S2. The molecule has 3 rings (SSSR count). The molecule has 0 spiro atoms. The summed E-state index contributed by atoms with van der Waals surface area (Å²) in [5.74, 6) is -0.192. The van der Waals surface area contributed by atoms with Gasteiger partial charge in [0.2, 0.25) is 11.0 Å². The molecule has 0 saturated heterocycles. The van der Waals surface area contributed by atoms with E-state index < -0.39 is 10.0 Å². The zero-order valence-electron chi connectivity index (χ0n) is 13.0. The van der Waals surface area contributed by atoms with Gasteiger partial charge in [-0.1, -0.05) is 41.7 Å². The van der Waals surface area contributed by atoms with E-state index in [1.54, 1.807) is 18.3 Å². The van der Waals surface area contributed by atoms with Crippen molar-refractivity contribution < 1.29 is 13.2 Å². The van der Waals surface area contributed by atoms with Crippen LogP contribution in [0.5, 0.6) is 0 Å². The summed E-state index contributed by atoms with van der Waals surface area (Å²) in [5, 5.41) is 9.69. The van der Waals surface area contributed by atoms with Gasteiger partial charge >= 0.3 is 0 Å². The Morgan fingerprint density at radius 1 is 1.04 bits per heavy atom. The first-order chi connectivity index (χ1) is 11.9. The second kappa shape index (κ2) is 6.95. The van der Waals surface area contributed by atoms with Crippen LogP contribution in [0.25, 0.3) is 11.1 Å². The van der Waals surface area contributed by atoms with Crippen LogP contribution < -0.4 is 10.0 Å². The van der Waals surface area contributed by atoms with Crippen LogP contribution in [0.15, 0.2) is 53.0 Å². The standard InChI is InChI=1S/C15H13N5O3S2/c1-10(21)17-14-18-19-15(24-14)25(22,23)20-13-8-7-12(9-16-13)11-5-3-2-4-6-11/h2-9H,1H3,(H,16,20)(H,17,18,21). The van der Waals surface area contributed by atoms with Crippen LogP contribution in [0.1, 0.15) is 6.92 Å². The molecule has 2 heterocycles. The maximum atomic E-state index is 12.3. The van der Waals surface area contributed by atoms with Crippen LogP contribution >= 0.6 is 11.3 Å². The number of sulfonamides is 1. The van der Waals surface area contributed by atoms with Crippen molar-refractivity contribution in [2.75, 3.05) is 10.0 Å². The fourth-order valence-corrected chi connectivity index (χ4v) is 3.91. The number of amides is 1. The summed E-state index contributed by atoms with van der Waals surface area (Å²) >= 11 is 0.755. The molecule has 25 heavy (non-hydrogen) atoms. The van der Waals surface area contributed by atoms with Crippen LogP contribution in [0.4, 0.5) is 10.9 Å². The molecule has 0 fully saturated rings. The first-order valence-electron chi connectivity index (χ1n) is 7.09. The highest BCUT2D eigenvalue weighted by Gasteiger charge is 2.21. The summed E-state index contributed by atoms with van der Waals surface area (Å²) in [7, 11) is -3.92. The smallest absolute Gasteiger partial charge is 0.292 e. The molecule has 1 amide bonds. The van der Waals surface area contributed by atoms with Gasteiger partial charge in [0, 0.05) is 18.7 Å². The van der Waals surface area contributed by atoms with Gasteiger partial charge < -0.3 is 5.32 Å². The lowest BCUT2D eigenvalue weighted by molar-refractivity contribution is -0.114. The summed E-state index contributed by atoms with van der Waals surface area (Å²) in [4.78, 5) is 15.1. The van der Waals surface area contributed by atoms with Crippen LogP contribution in [-0.2, 0) is 14.8 Å². The summed E-state index contributed by atoms with van der Waals surface area (Å²) < 4.78 is 26.7. The topological polar surface area (TPSA) is 114 Å². The number of aromatic nitrogens is 3. The minimum atomic E-state index is -3.92. The number of pyridine rings is 1. The maximum absolute atomic E-state index is 12.3. The number of hydrogen-bond acceptors (Lipinski definition) is 7.